The van der Waals surface area contributed by atoms with E-state index in [1.807, 2.05) is 13.0 Å². The predicted molar refractivity (Wildman–Crippen MR) is 184 cm³/mol. The lowest BCUT2D eigenvalue weighted by molar-refractivity contribution is -0.142. The van der Waals surface area contributed by atoms with Crippen molar-refractivity contribution in [1.29, 1.82) is 0 Å². The Kier molecular flexibility index (Phi) is 10.7. The van der Waals surface area contributed by atoms with Crippen LogP contribution in [-0.2, 0) is 30.2 Å². The lowest BCUT2D eigenvalue weighted by Gasteiger charge is -2.42. The summed E-state index contributed by atoms with van der Waals surface area (Å²) in [5, 5.41) is 16.7. The van der Waals surface area contributed by atoms with Crippen LogP contribution in [0.15, 0.2) is 54.1 Å². The van der Waals surface area contributed by atoms with Gasteiger partial charge in [-0.25, -0.2) is 14.0 Å². The van der Waals surface area contributed by atoms with Gasteiger partial charge in [0.15, 0.2) is 5.72 Å². The lowest BCUT2D eigenvalue weighted by atomic mass is 9.83. The van der Waals surface area contributed by atoms with E-state index in [1.165, 1.54) is 38.3 Å². The van der Waals surface area contributed by atoms with Crippen molar-refractivity contribution >= 4 is 46.8 Å². The number of nitrogens with zero attached hydrogens (tertiary/aromatic N) is 1. The van der Waals surface area contributed by atoms with Gasteiger partial charge in [0.25, 0.3) is 0 Å². The molecule has 0 aliphatic carbocycles. The number of alkyl carbamates (subject to hydrolysis) is 1. The zero-order valence-electron chi connectivity index (χ0n) is 28.6. The Balaban J connectivity index is 1.54. The van der Waals surface area contributed by atoms with Crippen LogP contribution in [0.5, 0.6) is 5.75 Å². The molecule has 0 aromatic heterocycles. The van der Waals surface area contributed by atoms with Crippen LogP contribution in [0.3, 0.4) is 0 Å². The molecule has 0 spiro atoms. The molecule has 0 saturated carbocycles. The molecule has 2 aromatic carbocycles. The summed E-state index contributed by atoms with van der Waals surface area (Å²) in [5.74, 6) is -1.47. The van der Waals surface area contributed by atoms with Gasteiger partial charge in [-0.3, -0.25) is 15.4 Å². The van der Waals surface area contributed by atoms with Crippen molar-refractivity contribution in [3.63, 3.8) is 0 Å². The van der Waals surface area contributed by atoms with E-state index in [0.717, 1.165) is 17.2 Å². The number of benzene rings is 2. The first-order chi connectivity index (χ1) is 23.6. The Morgan fingerprint density at radius 3 is 2.66 bits per heavy atom. The smallest absolute Gasteiger partial charge is 0.412 e. The summed E-state index contributed by atoms with van der Waals surface area (Å²) in [6.45, 7) is 5.33. The van der Waals surface area contributed by atoms with E-state index in [2.05, 4.69) is 10.6 Å². The highest BCUT2D eigenvalue weighted by Crippen LogP contribution is 2.49. The van der Waals surface area contributed by atoms with E-state index in [4.69, 9.17) is 41.0 Å². The van der Waals surface area contributed by atoms with E-state index in [-0.39, 0.29) is 29.2 Å². The molecule has 3 amide bonds. The van der Waals surface area contributed by atoms with Crippen molar-refractivity contribution in [1.82, 2.24) is 5.32 Å². The molecule has 3 aliphatic heterocycles. The molecule has 2 aromatic rings. The number of rotatable bonds is 4. The van der Waals surface area contributed by atoms with Crippen LogP contribution in [0.4, 0.5) is 31.0 Å². The molecule has 0 unspecified atom stereocenters. The Morgan fingerprint density at radius 1 is 1.24 bits per heavy atom. The molecule has 2 saturated heterocycles. The molecule has 0 radical (unpaired) electrons. The lowest BCUT2D eigenvalue weighted by Crippen LogP contribution is -2.63. The van der Waals surface area contributed by atoms with Crippen LogP contribution < -0.4 is 26.0 Å². The molecule has 4 bridgehead atoms. The average molecular weight is 717 g/mol. The summed E-state index contributed by atoms with van der Waals surface area (Å²) in [6, 6.07) is 7.27. The molecule has 13 nitrogen and oxygen atoms in total. The van der Waals surface area contributed by atoms with Gasteiger partial charge in [0.1, 0.15) is 40.5 Å². The number of hydrogen-bond donors (Lipinski definition) is 4. The number of aliphatic hydroxyl groups is 1. The Hall–Kier alpha value is -4.37. The van der Waals surface area contributed by atoms with Crippen LogP contribution in [0.25, 0.3) is 0 Å². The summed E-state index contributed by atoms with van der Waals surface area (Å²) in [5.41, 5.74) is 4.57. The zero-order valence-corrected chi connectivity index (χ0v) is 29.4. The van der Waals surface area contributed by atoms with Gasteiger partial charge in [-0.2, -0.15) is 0 Å². The largest absolute Gasteiger partial charge is 0.495 e. The summed E-state index contributed by atoms with van der Waals surface area (Å²) in [7, 11) is 4.42. The van der Waals surface area contributed by atoms with E-state index in [9.17, 15) is 23.9 Å². The zero-order chi connectivity index (χ0) is 36.5. The van der Waals surface area contributed by atoms with Crippen molar-refractivity contribution in [2.75, 3.05) is 37.2 Å². The SMILES string of the molecule is COc1cc2cc(c1Cl)N(C)C(=O)C[C@H](OC(=O)Nc1ccc(N)cc1F)[C@]1(C)O[C@H]1[C@H](C)[C@@H]1C[C@@](O)(NC(=O)O1)[C@H](OC)/C=C/C=C(\C)C2. The molecular formula is C35H42ClFN4O9. The number of amides is 3. The monoisotopic (exact) mass is 716 g/mol. The number of nitrogen functional groups attached to an aromatic ring is 1. The minimum absolute atomic E-state index is 0.0738. The normalized spacial score (nSPS) is 31.7. The van der Waals surface area contributed by atoms with Gasteiger partial charge >= 0.3 is 12.2 Å². The number of nitrogens with one attached hydrogen (secondary N) is 2. The number of methoxy groups -OCH3 is 2. The third-order valence-corrected chi connectivity index (χ3v) is 9.81. The maximum absolute atomic E-state index is 14.5. The Labute approximate surface area is 294 Å². The first kappa shape index (κ1) is 36.9. The average Bonchev–Trinajstić information content (AvgIpc) is 3.75. The fourth-order valence-corrected chi connectivity index (χ4v) is 6.82. The highest BCUT2D eigenvalue weighted by atomic mass is 35.5. The molecule has 5 N–H and O–H groups in total. The van der Waals surface area contributed by atoms with Crippen LogP contribution >= 0.6 is 11.6 Å². The number of allylic oxidation sites excluding steroid dienone is 3. The van der Waals surface area contributed by atoms with Crippen molar-refractivity contribution in [3.05, 3.63) is 70.5 Å². The predicted octanol–water partition coefficient (Wildman–Crippen LogP) is 5.09. The van der Waals surface area contributed by atoms with Crippen molar-refractivity contribution < 1.29 is 47.6 Å². The van der Waals surface area contributed by atoms with E-state index < -0.39 is 65.6 Å². The highest BCUT2D eigenvalue weighted by molar-refractivity contribution is 6.35. The molecule has 2 fully saturated rings. The number of carbonyl (C=O) groups excluding carboxylic acids is 3. The molecular weight excluding hydrogens is 675 g/mol. The fourth-order valence-electron chi connectivity index (χ4n) is 6.51. The van der Waals surface area contributed by atoms with Crippen LogP contribution in [-0.4, -0.2) is 80.2 Å². The quantitative estimate of drug-likeness (QED) is 0.246. The summed E-state index contributed by atoms with van der Waals surface area (Å²) in [6.07, 6.45) is -0.446. The standard InChI is InChI=1S/C35H42ClFN4O9/c1-18-8-7-9-27(47-6)35(45)17-26(48-33(44)40-35)19(2)31-34(3,50-31)28(49-32(43)39-23-11-10-21(38)15-22(23)37)16-29(42)41(4)24-13-20(12-18)14-25(46-5)30(24)36/h7-11,13-15,19,26-28,31,45H,12,16-17,38H2,1-6H3,(H,39,43)(H,40,44)/b9-7+,18-8+/t19-,26+,27-,28+,31+,34+,35+/m1/s1. The van der Waals surface area contributed by atoms with E-state index >= 15 is 0 Å². The number of hydrogen-bond acceptors (Lipinski definition) is 10. The Morgan fingerprint density at radius 2 is 1.98 bits per heavy atom. The van der Waals surface area contributed by atoms with Gasteiger partial charge in [0.05, 0.1) is 31.0 Å². The summed E-state index contributed by atoms with van der Waals surface area (Å²) in [4.78, 5) is 41.3. The number of halogens is 2. The molecule has 50 heavy (non-hydrogen) atoms. The first-order valence-electron chi connectivity index (χ1n) is 16.0. The number of fused-ring (bicyclic) bond motifs is 5. The van der Waals surface area contributed by atoms with Gasteiger partial charge in [-0.1, -0.05) is 42.3 Å². The number of ether oxygens (including phenoxy) is 5. The van der Waals surface area contributed by atoms with Gasteiger partial charge in [0.2, 0.25) is 5.91 Å². The molecule has 7 atom stereocenters. The Bertz CT molecular complexity index is 1720. The van der Waals surface area contributed by atoms with Crippen molar-refractivity contribution in [2.45, 2.75) is 75.8 Å². The molecule has 3 aliphatic rings. The molecule has 15 heteroatoms. The van der Waals surface area contributed by atoms with Gasteiger partial charge in [-0.05, 0) is 56.2 Å². The van der Waals surface area contributed by atoms with E-state index in [1.54, 1.807) is 38.1 Å². The first-order valence-corrected chi connectivity index (χ1v) is 16.4. The van der Waals surface area contributed by atoms with Crippen LogP contribution in [0, 0.1) is 11.7 Å². The second-order valence-electron chi connectivity index (χ2n) is 13.1. The van der Waals surface area contributed by atoms with Crippen molar-refractivity contribution in [2.24, 2.45) is 5.92 Å². The fraction of sp³-hybridized carbons (Fsp3) is 0.457. The summed E-state index contributed by atoms with van der Waals surface area (Å²) >= 11 is 6.70. The third kappa shape index (κ3) is 7.68. The molecule has 5 rings (SSSR count). The minimum Gasteiger partial charge on any atom is -0.495 e. The number of nitrogens with two attached hydrogens (primary N) is 1. The van der Waals surface area contributed by atoms with Crippen molar-refractivity contribution in [3.8, 4) is 5.75 Å². The molecule has 270 valence electrons. The third-order valence-electron chi connectivity index (χ3n) is 9.43. The minimum atomic E-state index is -1.84. The number of carbonyl (C=O) groups is 3. The highest BCUT2D eigenvalue weighted by Gasteiger charge is 2.64. The topological polar surface area (TPSA) is 174 Å². The maximum Gasteiger partial charge on any atom is 0.412 e. The van der Waals surface area contributed by atoms with E-state index in [0.29, 0.717) is 17.9 Å². The second-order valence-corrected chi connectivity index (χ2v) is 13.4. The van der Waals surface area contributed by atoms with Gasteiger partial charge in [0, 0.05) is 32.2 Å². The molecule has 3 heterocycles. The summed E-state index contributed by atoms with van der Waals surface area (Å²) < 4.78 is 43.2. The van der Waals surface area contributed by atoms with Crippen LogP contribution in [0.1, 0.15) is 39.2 Å². The van der Waals surface area contributed by atoms with Gasteiger partial charge in [-0.15, -0.1) is 0 Å². The number of anilines is 3. The van der Waals surface area contributed by atoms with Gasteiger partial charge < -0.3 is 39.4 Å². The second kappa shape index (κ2) is 14.5. The number of epoxide rings is 1. The maximum atomic E-state index is 14.5. The van der Waals surface area contributed by atoms with Crippen LogP contribution in [0.2, 0.25) is 5.02 Å².